The Balaban J connectivity index is 1.45. The van der Waals surface area contributed by atoms with Crippen LogP contribution in [-0.2, 0) is 0 Å². The predicted molar refractivity (Wildman–Crippen MR) is 116 cm³/mol. The first-order valence-corrected chi connectivity index (χ1v) is 10.3. The van der Waals surface area contributed by atoms with Crippen LogP contribution >= 0.6 is 11.8 Å². The van der Waals surface area contributed by atoms with Crippen molar-refractivity contribution in [2.75, 3.05) is 29.9 Å². The summed E-state index contributed by atoms with van der Waals surface area (Å²) >= 11 is 1.78. The zero-order chi connectivity index (χ0) is 19.3. The van der Waals surface area contributed by atoms with Crippen LogP contribution in [0.2, 0.25) is 0 Å². The fraction of sp³-hybridized carbons (Fsp3) is 0.217. The number of rotatable bonds is 7. The molecule has 0 saturated heterocycles. The molecule has 4 rings (SSSR count). The van der Waals surface area contributed by atoms with E-state index in [1.807, 2.05) is 43.3 Å². The summed E-state index contributed by atoms with van der Waals surface area (Å²) in [5, 5.41) is 14.0. The SMILES string of the molecule is CCOc1ccc(NCC(O)CN2c3ccccc3Sc3ccccc32)cc1. The number of fused-ring (bicyclic) bond motifs is 2. The fourth-order valence-corrected chi connectivity index (χ4v) is 4.42. The van der Waals surface area contributed by atoms with Crippen molar-refractivity contribution in [2.45, 2.75) is 22.8 Å². The highest BCUT2D eigenvalue weighted by molar-refractivity contribution is 7.99. The van der Waals surface area contributed by atoms with E-state index in [4.69, 9.17) is 4.74 Å². The van der Waals surface area contributed by atoms with E-state index in [0.717, 1.165) is 22.8 Å². The van der Waals surface area contributed by atoms with Gasteiger partial charge in [0.05, 0.1) is 30.6 Å². The fourth-order valence-electron chi connectivity index (χ4n) is 3.32. The van der Waals surface area contributed by atoms with E-state index in [9.17, 15) is 5.11 Å². The number of aliphatic hydroxyl groups is 1. The van der Waals surface area contributed by atoms with Crippen molar-refractivity contribution in [3.8, 4) is 5.75 Å². The molecule has 1 aliphatic heterocycles. The molecule has 0 saturated carbocycles. The van der Waals surface area contributed by atoms with Crippen molar-refractivity contribution in [1.82, 2.24) is 0 Å². The number of para-hydroxylation sites is 2. The van der Waals surface area contributed by atoms with Gasteiger partial charge in [0, 0.05) is 22.0 Å². The van der Waals surface area contributed by atoms with Gasteiger partial charge in [0.15, 0.2) is 0 Å². The van der Waals surface area contributed by atoms with Gasteiger partial charge < -0.3 is 20.1 Å². The van der Waals surface area contributed by atoms with Crippen LogP contribution in [0.5, 0.6) is 5.75 Å². The Hall–Kier alpha value is -2.63. The van der Waals surface area contributed by atoms with E-state index < -0.39 is 6.10 Å². The second-order valence-electron chi connectivity index (χ2n) is 6.64. The number of nitrogens with zero attached hydrogens (tertiary/aromatic N) is 1. The van der Waals surface area contributed by atoms with Gasteiger partial charge in [0.25, 0.3) is 0 Å². The number of hydrogen-bond acceptors (Lipinski definition) is 5. The van der Waals surface area contributed by atoms with Crippen LogP contribution in [0, 0.1) is 0 Å². The summed E-state index contributed by atoms with van der Waals surface area (Å²) in [6.45, 7) is 3.63. The Morgan fingerprint density at radius 2 is 1.54 bits per heavy atom. The molecule has 0 fully saturated rings. The third-order valence-electron chi connectivity index (χ3n) is 4.63. The quantitative estimate of drug-likeness (QED) is 0.581. The number of aliphatic hydroxyl groups excluding tert-OH is 1. The van der Waals surface area contributed by atoms with Gasteiger partial charge in [-0.3, -0.25) is 0 Å². The van der Waals surface area contributed by atoms with Crippen LogP contribution in [0.25, 0.3) is 0 Å². The van der Waals surface area contributed by atoms with Crippen molar-refractivity contribution >= 4 is 28.8 Å². The lowest BCUT2D eigenvalue weighted by Crippen LogP contribution is -2.34. The van der Waals surface area contributed by atoms with E-state index in [1.165, 1.54) is 9.79 Å². The molecule has 1 unspecified atom stereocenters. The van der Waals surface area contributed by atoms with Crippen molar-refractivity contribution in [3.63, 3.8) is 0 Å². The summed E-state index contributed by atoms with van der Waals surface area (Å²) in [5.41, 5.74) is 3.26. The summed E-state index contributed by atoms with van der Waals surface area (Å²) in [6.07, 6.45) is -0.518. The van der Waals surface area contributed by atoms with Gasteiger partial charge >= 0.3 is 0 Å². The maximum Gasteiger partial charge on any atom is 0.119 e. The lowest BCUT2D eigenvalue weighted by Gasteiger charge is -2.34. The first-order chi connectivity index (χ1) is 13.7. The average molecular weight is 393 g/mol. The lowest BCUT2D eigenvalue weighted by molar-refractivity contribution is 0.195. The molecule has 0 spiro atoms. The number of β-amino-alcohol motifs (C(OH)–C–C–N with tert-alkyl or cyclic N) is 1. The topological polar surface area (TPSA) is 44.7 Å². The molecular formula is C23H24N2O2S. The second-order valence-corrected chi connectivity index (χ2v) is 7.72. The number of anilines is 3. The highest BCUT2D eigenvalue weighted by Crippen LogP contribution is 2.47. The molecule has 1 aliphatic rings. The van der Waals surface area contributed by atoms with Crippen LogP contribution < -0.4 is 15.0 Å². The Morgan fingerprint density at radius 1 is 0.929 bits per heavy atom. The first kappa shape index (κ1) is 18.7. The molecule has 144 valence electrons. The van der Waals surface area contributed by atoms with Gasteiger partial charge in [0.1, 0.15) is 5.75 Å². The molecule has 5 heteroatoms. The molecule has 28 heavy (non-hydrogen) atoms. The van der Waals surface area contributed by atoms with E-state index in [1.54, 1.807) is 11.8 Å². The molecule has 0 radical (unpaired) electrons. The summed E-state index contributed by atoms with van der Waals surface area (Å²) < 4.78 is 5.47. The van der Waals surface area contributed by atoms with Crippen molar-refractivity contribution < 1.29 is 9.84 Å². The van der Waals surface area contributed by atoms with Crippen LogP contribution in [0.15, 0.2) is 82.6 Å². The van der Waals surface area contributed by atoms with Gasteiger partial charge in [-0.1, -0.05) is 36.0 Å². The van der Waals surface area contributed by atoms with Gasteiger partial charge in [-0.05, 0) is 55.5 Å². The van der Waals surface area contributed by atoms with E-state index in [2.05, 4.69) is 46.6 Å². The van der Waals surface area contributed by atoms with Gasteiger partial charge in [0.2, 0.25) is 0 Å². The van der Waals surface area contributed by atoms with Crippen molar-refractivity contribution in [2.24, 2.45) is 0 Å². The molecule has 0 aliphatic carbocycles. The minimum atomic E-state index is -0.518. The smallest absolute Gasteiger partial charge is 0.119 e. The molecule has 0 amide bonds. The zero-order valence-corrected chi connectivity index (χ0v) is 16.7. The van der Waals surface area contributed by atoms with Crippen LogP contribution in [0.4, 0.5) is 17.1 Å². The minimum absolute atomic E-state index is 0.474. The lowest BCUT2D eigenvalue weighted by atomic mass is 10.2. The maximum absolute atomic E-state index is 10.7. The molecule has 1 atom stereocenters. The first-order valence-electron chi connectivity index (χ1n) is 9.53. The zero-order valence-electron chi connectivity index (χ0n) is 15.8. The van der Waals surface area contributed by atoms with E-state index in [0.29, 0.717) is 19.7 Å². The van der Waals surface area contributed by atoms with Gasteiger partial charge in [-0.25, -0.2) is 0 Å². The van der Waals surface area contributed by atoms with Crippen molar-refractivity contribution in [3.05, 3.63) is 72.8 Å². The van der Waals surface area contributed by atoms with Gasteiger partial charge in [-0.15, -0.1) is 0 Å². The Labute approximate surface area is 170 Å². The average Bonchev–Trinajstić information content (AvgIpc) is 2.73. The monoisotopic (exact) mass is 392 g/mol. The third kappa shape index (κ3) is 4.11. The maximum atomic E-state index is 10.7. The number of ether oxygens (including phenoxy) is 1. The molecule has 2 N–H and O–H groups in total. The Bertz CT molecular complexity index is 884. The molecule has 0 bridgehead atoms. The number of benzene rings is 3. The Morgan fingerprint density at radius 3 is 2.14 bits per heavy atom. The predicted octanol–water partition coefficient (Wildman–Crippen LogP) is 5.16. The summed E-state index contributed by atoms with van der Waals surface area (Å²) in [6, 6.07) is 24.5. The standard InChI is InChI=1S/C23H24N2O2S/c1-2-27-19-13-11-17(12-14-19)24-15-18(26)16-25-20-7-3-5-9-22(20)28-23-10-6-4-8-21(23)25/h3-14,18,24,26H,2,15-16H2,1H3. The summed E-state index contributed by atoms with van der Waals surface area (Å²) in [5.74, 6) is 0.854. The van der Waals surface area contributed by atoms with E-state index >= 15 is 0 Å². The van der Waals surface area contributed by atoms with Crippen molar-refractivity contribution in [1.29, 1.82) is 0 Å². The molecular weight excluding hydrogens is 368 g/mol. The third-order valence-corrected chi connectivity index (χ3v) is 5.76. The van der Waals surface area contributed by atoms with Crippen LogP contribution in [0.3, 0.4) is 0 Å². The second kappa shape index (κ2) is 8.59. The molecule has 3 aromatic carbocycles. The highest BCUT2D eigenvalue weighted by Gasteiger charge is 2.24. The summed E-state index contributed by atoms with van der Waals surface area (Å²) in [7, 11) is 0. The largest absolute Gasteiger partial charge is 0.494 e. The minimum Gasteiger partial charge on any atom is -0.494 e. The summed E-state index contributed by atoms with van der Waals surface area (Å²) in [4.78, 5) is 4.65. The van der Waals surface area contributed by atoms with E-state index in [-0.39, 0.29) is 0 Å². The normalized spacial score (nSPS) is 13.4. The number of nitrogens with one attached hydrogen (secondary N) is 1. The number of hydrogen-bond donors (Lipinski definition) is 2. The molecule has 4 nitrogen and oxygen atoms in total. The van der Waals surface area contributed by atoms with Crippen LogP contribution in [-0.4, -0.2) is 30.9 Å². The Kier molecular flexibility index (Phi) is 5.74. The van der Waals surface area contributed by atoms with Crippen LogP contribution in [0.1, 0.15) is 6.92 Å². The molecule has 0 aromatic heterocycles. The molecule has 1 heterocycles. The highest BCUT2D eigenvalue weighted by atomic mass is 32.2. The van der Waals surface area contributed by atoms with Gasteiger partial charge in [-0.2, -0.15) is 0 Å². The molecule has 3 aromatic rings.